The Morgan fingerprint density at radius 1 is 1.20 bits per heavy atom. The average Bonchev–Trinajstić information content (AvgIpc) is 3.21. The van der Waals surface area contributed by atoms with Gasteiger partial charge >= 0.3 is 0 Å². The first kappa shape index (κ1) is 13.9. The van der Waals surface area contributed by atoms with Crippen LogP contribution in [0.25, 0.3) is 0 Å². The molecule has 2 aliphatic carbocycles. The lowest BCUT2D eigenvalue weighted by atomic mass is 9.85. The minimum absolute atomic E-state index is 0.0405. The normalized spacial score (nSPS) is 29.6. The van der Waals surface area contributed by atoms with Gasteiger partial charge in [0.25, 0.3) is 0 Å². The van der Waals surface area contributed by atoms with Crippen LogP contribution in [0, 0.1) is 5.92 Å². The van der Waals surface area contributed by atoms with Gasteiger partial charge in [0.15, 0.2) is 0 Å². The second kappa shape index (κ2) is 6.15. The number of rotatable bonds is 7. The molecule has 2 aliphatic rings. The maximum Gasteiger partial charge on any atom is 0.119 e. The molecule has 2 atom stereocenters. The molecule has 0 aliphatic heterocycles. The van der Waals surface area contributed by atoms with E-state index in [1.54, 1.807) is 0 Å². The number of aliphatic hydroxyl groups is 1. The van der Waals surface area contributed by atoms with Crippen molar-refractivity contribution in [1.82, 2.24) is 5.32 Å². The zero-order chi connectivity index (χ0) is 13.8. The Hall–Kier alpha value is -1.06. The number of para-hydroxylation sites is 1. The zero-order valence-electron chi connectivity index (χ0n) is 12.1. The van der Waals surface area contributed by atoms with Gasteiger partial charge in [0.05, 0.1) is 13.2 Å². The van der Waals surface area contributed by atoms with E-state index in [1.807, 2.05) is 30.3 Å². The molecule has 0 heterocycles. The van der Waals surface area contributed by atoms with Crippen LogP contribution in [-0.2, 0) is 0 Å². The standard InChI is InChI=1S/C17H25NO2/c19-13-17(18-15-8-9-15)11-4-5-14(17)10-12-20-16-6-2-1-3-7-16/h1-3,6-7,14-15,18-19H,4-5,8-13H2. The second-order valence-electron chi connectivity index (χ2n) is 6.27. The summed E-state index contributed by atoms with van der Waals surface area (Å²) in [7, 11) is 0. The largest absolute Gasteiger partial charge is 0.494 e. The lowest BCUT2D eigenvalue weighted by Crippen LogP contribution is -2.52. The Labute approximate surface area is 121 Å². The summed E-state index contributed by atoms with van der Waals surface area (Å²) in [5, 5.41) is 13.6. The maximum atomic E-state index is 9.88. The zero-order valence-corrected chi connectivity index (χ0v) is 12.1. The van der Waals surface area contributed by atoms with E-state index in [0.29, 0.717) is 12.0 Å². The van der Waals surface area contributed by atoms with Gasteiger partial charge in [-0.1, -0.05) is 24.6 Å². The molecule has 2 N–H and O–H groups in total. The van der Waals surface area contributed by atoms with Gasteiger partial charge in [0.2, 0.25) is 0 Å². The van der Waals surface area contributed by atoms with Crippen molar-refractivity contribution in [3.63, 3.8) is 0 Å². The smallest absolute Gasteiger partial charge is 0.119 e. The van der Waals surface area contributed by atoms with Crippen molar-refractivity contribution >= 4 is 0 Å². The molecule has 0 bridgehead atoms. The Morgan fingerprint density at radius 2 is 2.00 bits per heavy atom. The van der Waals surface area contributed by atoms with Crippen LogP contribution in [0.4, 0.5) is 0 Å². The molecular formula is C17H25NO2. The quantitative estimate of drug-likeness (QED) is 0.804. The van der Waals surface area contributed by atoms with Gasteiger partial charge in [-0.25, -0.2) is 0 Å². The van der Waals surface area contributed by atoms with Crippen LogP contribution in [0.2, 0.25) is 0 Å². The first-order valence-electron chi connectivity index (χ1n) is 7.89. The van der Waals surface area contributed by atoms with Crippen LogP contribution in [0.1, 0.15) is 38.5 Å². The minimum Gasteiger partial charge on any atom is -0.494 e. The average molecular weight is 275 g/mol. The molecule has 0 saturated heterocycles. The fraction of sp³-hybridized carbons (Fsp3) is 0.647. The van der Waals surface area contributed by atoms with Crippen molar-refractivity contribution in [2.24, 2.45) is 5.92 Å². The molecule has 0 radical (unpaired) electrons. The summed E-state index contributed by atoms with van der Waals surface area (Å²) in [6.07, 6.45) is 7.10. The van der Waals surface area contributed by atoms with E-state index in [4.69, 9.17) is 4.74 Å². The van der Waals surface area contributed by atoms with Crippen LogP contribution in [0.3, 0.4) is 0 Å². The van der Waals surface area contributed by atoms with Gasteiger partial charge in [-0.15, -0.1) is 0 Å². The van der Waals surface area contributed by atoms with E-state index in [9.17, 15) is 5.11 Å². The van der Waals surface area contributed by atoms with Gasteiger partial charge in [0, 0.05) is 11.6 Å². The lowest BCUT2D eigenvalue weighted by molar-refractivity contribution is 0.108. The molecule has 3 heteroatoms. The van der Waals surface area contributed by atoms with Gasteiger partial charge in [-0.3, -0.25) is 0 Å². The molecule has 2 unspecified atom stereocenters. The third-order valence-electron chi connectivity index (χ3n) is 4.79. The summed E-state index contributed by atoms with van der Waals surface area (Å²) >= 11 is 0. The lowest BCUT2D eigenvalue weighted by Gasteiger charge is -2.35. The van der Waals surface area contributed by atoms with Gasteiger partial charge in [-0.05, 0) is 50.2 Å². The first-order valence-corrected chi connectivity index (χ1v) is 7.89. The third kappa shape index (κ3) is 3.15. The number of hydrogen-bond donors (Lipinski definition) is 2. The highest BCUT2D eigenvalue weighted by Gasteiger charge is 2.44. The topological polar surface area (TPSA) is 41.5 Å². The monoisotopic (exact) mass is 275 g/mol. The van der Waals surface area contributed by atoms with Crippen molar-refractivity contribution < 1.29 is 9.84 Å². The highest BCUT2D eigenvalue weighted by molar-refractivity contribution is 5.20. The van der Waals surface area contributed by atoms with Crippen molar-refractivity contribution in [2.75, 3.05) is 13.2 Å². The van der Waals surface area contributed by atoms with Crippen molar-refractivity contribution in [3.05, 3.63) is 30.3 Å². The third-order valence-corrected chi connectivity index (χ3v) is 4.79. The van der Waals surface area contributed by atoms with Crippen molar-refractivity contribution in [2.45, 2.75) is 50.1 Å². The number of hydrogen-bond acceptors (Lipinski definition) is 3. The summed E-state index contributed by atoms with van der Waals surface area (Å²) in [4.78, 5) is 0. The SMILES string of the molecule is OCC1(NC2CC2)CCCC1CCOc1ccccc1. The Kier molecular flexibility index (Phi) is 4.27. The Bertz CT molecular complexity index is 418. The van der Waals surface area contributed by atoms with Crippen LogP contribution in [-0.4, -0.2) is 29.9 Å². The minimum atomic E-state index is -0.0405. The molecule has 2 saturated carbocycles. The number of benzene rings is 1. The highest BCUT2D eigenvalue weighted by Crippen LogP contribution is 2.40. The van der Waals surface area contributed by atoms with Crippen LogP contribution in [0.5, 0.6) is 5.75 Å². The van der Waals surface area contributed by atoms with Crippen molar-refractivity contribution in [1.29, 1.82) is 0 Å². The van der Waals surface area contributed by atoms with E-state index in [-0.39, 0.29) is 12.1 Å². The van der Waals surface area contributed by atoms with E-state index in [0.717, 1.165) is 25.2 Å². The summed E-state index contributed by atoms with van der Waals surface area (Å²) < 4.78 is 5.82. The molecule has 110 valence electrons. The number of nitrogens with one attached hydrogen (secondary N) is 1. The van der Waals surface area contributed by atoms with Crippen LogP contribution in [0.15, 0.2) is 30.3 Å². The summed E-state index contributed by atoms with van der Waals surface area (Å²) in [5.41, 5.74) is -0.0405. The van der Waals surface area contributed by atoms with E-state index in [2.05, 4.69) is 5.32 Å². The summed E-state index contributed by atoms with van der Waals surface area (Å²) in [6, 6.07) is 10.6. The molecular weight excluding hydrogens is 250 g/mol. The van der Waals surface area contributed by atoms with Gasteiger partial charge in [-0.2, -0.15) is 0 Å². The molecule has 0 aromatic heterocycles. The van der Waals surface area contributed by atoms with Gasteiger partial charge in [0.1, 0.15) is 5.75 Å². The predicted octanol–water partition coefficient (Wildman–Crippen LogP) is 2.74. The maximum absolute atomic E-state index is 9.88. The summed E-state index contributed by atoms with van der Waals surface area (Å²) in [5.74, 6) is 1.48. The fourth-order valence-corrected chi connectivity index (χ4v) is 3.48. The molecule has 2 fully saturated rings. The van der Waals surface area contributed by atoms with E-state index >= 15 is 0 Å². The summed E-state index contributed by atoms with van der Waals surface area (Å²) in [6.45, 7) is 1.00. The van der Waals surface area contributed by atoms with Crippen LogP contribution < -0.4 is 10.1 Å². The Morgan fingerprint density at radius 3 is 2.70 bits per heavy atom. The van der Waals surface area contributed by atoms with E-state index < -0.39 is 0 Å². The first-order chi connectivity index (χ1) is 9.82. The molecule has 20 heavy (non-hydrogen) atoms. The number of aliphatic hydroxyl groups excluding tert-OH is 1. The van der Waals surface area contributed by atoms with Gasteiger partial charge < -0.3 is 15.2 Å². The Balaban J connectivity index is 1.52. The molecule has 1 aromatic rings. The molecule has 0 amide bonds. The predicted molar refractivity (Wildman–Crippen MR) is 79.9 cm³/mol. The van der Waals surface area contributed by atoms with E-state index in [1.165, 1.54) is 25.7 Å². The van der Waals surface area contributed by atoms with Crippen LogP contribution >= 0.6 is 0 Å². The molecule has 3 nitrogen and oxygen atoms in total. The molecule has 0 spiro atoms. The molecule has 3 rings (SSSR count). The molecule has 1 aromatic carbocycles. The number of ether oxygens (including phenoxy) is 1. The second-order valence-corrected chi connectivity index (χ2v) is 6.27. The van der Waals surface area contributed by atoms with Crippen molar-refractivity contribution in [3.8, 4) is 5.75 Å². The highest BCUT2D eigenvalue weighted by atomic mass is 16.5. The fourth-order valence-electron chi connectivity index (χ4n) is 3.48.